The molecule has 1 aromatic rings. The number of hydrogen-bond acceptors (Lipinski definition) is 1. The molecule has 0 fully saturated rings. The molecule has 0 amide bonds. The van der Waals surface area contributed by atoms with Gasteiger partial charge in [-0.05, 0) is 57.3 Å². The number of nitrogens with two attached hydrogens (primary N) is 1. The van der Waals surface area contributed by atoms with E-state index >= 15 is 0 Å². The first-order valence-electron chi connectivity index (χ1n) is 2.51. The lowest BCUT2D eigenvalue weighted by molar-refractivity contribution is 0.626. The molecule has 54 valence electrons. The molecule has 0 bridgehead atoms. The quantitative estimate of drug-likeness (QED) is 0.557. The second kappa shape index (κ2) is 3.21. The van der Waals surface area contributed by atoms with Gasteiger partial charge in [0.15, 0.2) is 0 Å². The van der Waals surface area contributed by atoms with Gasteiger partial charge in [-0.15, -0.1) is 0 Å². The Morgan fingerprint density at radius 3 is 2.00 bits per heavy atom. The van der Waals surface area contributed by atoms with E-state index in [1.807, 2.05) is 45.2 Å². The van der Waals surface area contributed by atoms with Gasteiger partial charge in [-0.1, -0.05) is 0 Å². The van der Waals surface area contributed by atoms with Crippen molar-refractivity contribution >= 4 is 50.9 Å². The van der Waals surface area contributed by atoms with E-state index in [4.69, 9.17) is 5.73 Å². The highest BCUT2D eigenvalue weighted by atomic mass is 127. The Morgan fingerprint density at radius 1 is 1.20 bits per heavy atom. The fourth-order valence-electron chi connectivity index (χ4n) is 0.553. The summed E-state index contributed by atoms with van der Waals surface area (Å²) < 4.78 is 14.1. The van der Waals surface area contributed by atoms with Gasteiger partial charge in [-0.3, -0.25) is 0 Å². The second-order valence-electron chi connectivity index (χ2n) is 1.78. The van der Waals surface area contributed by atoms with E-state index in [1.54, 1.807) is 0 Å². The van der Waals surface area contributed by atoms with Crippen molar-refractivity contribution in [2.45, 2.75) is 0 Å². The number of nitrogen functional groups attached to an aromatic ring is 1. The molecule has 10 heavy (non-hydrogen) atoms. The molecule has 0 unspecified atom stereocenters. The minimum Gasteiger partial charge on any atom is -0.397 e. The topological polar surface area (TPSA) is 26.0 Å². The average molecular weight is 363 g/mol. The third-order valence-electron chi connectivity index (χ3n) is 1.04. The Hall–Kier alpha value is 0.410. The predicted molar refractivity (Wildman–Crippen MR) is 56.2 cm³/mol. The third-order valence-corrected chi connectivity index (χ3v) is 2.83. The maximum absolute atomic E-state index is 12.5. The zero-order valence-corrected chi connectivity index (χ0v) is 9.18. The van der Waals surface area contributed by atoms with Crippen molar-refractivity contribution in [3.05, 3.63) is 25.1 Å². The van der Waals surface area contributed by atoms with E-state index in [2.05, 4.69) is 0 Å². The van der Waals surface area contributed by atoms with Crippen LogP contribution in [0.3, 0.4) is 0 Å². The number of rotatable bonds is 0. The summed E-state index contributed by atoms with van der Waals surface area (Å²) in [6, 6.07) is 2.83. The SMILES string of the molecule is Nc1c(I)cc(F)cc1I. The van der Waals surface area contributed by atoms with Crippen LogP contribution in [0.4, 0.5) is 10.1 Å². The van der Waals surface area contributed by atoms with Crippen LogP contribution >= 0.6 is 45.2 Å². The molecular formula is C6H4FI2N. The number of benzene rings is 1. The Kier molecular flexibility index (Phi) is 2.73. The zero-order chi connectivity index (χ0) is 7.72. The highest BCUT2D eigenvalue weighted by molar-refractivity contribution is 14.1. The fraction of sp³-hybridized carbons (Fsp3) is 0. The number of anilines is 1. The highest BCUT2D eigenvalue weighted by Gasteiger charge is 2.01. The van der Waals surface area contributed by atoms with E-state index in [1.165, 1.54) is 12.1 Å². The molecule has 0 aromatic heterocycles. The molecular weight excluding hydrogens is 359 g/mol. The van der Waals surface area contributed by atoms with Crippen molar-refractivity contribution in [3.63, 3.8) is 0 Å². The molecule has 1 aromatic carbocycles. The lowest BCUT2D eigenvalue weighted by Crippen LogP contribution is -1.93. The Bertz CT molecular complexity index is 239. The van der Waals surface area contributed by atoms with E-state index in [0.29, 0.717) is 5.69 Å². The van der Waals surface area contributed by atoms with Crippen LogP contribution in [0.1, 0.15) is 0 Å². The molecule has 0 spiro atoms. The first-order chi connectivity index (χ1) is 4.61. The standard InChI is InChI=1S/C6H4FI2N/c7-3-1-4(8)6(10)5(9)2-3/h1-2H,10H2. The summed E-state index contributed by atoms with van der Waals surface area (Å²) in [4.78, 5) is 0. The molecule has 0 aliphatic carbocycles. The highest BCUT2D eigenvalue weighted by Crippen LogP contribution is 2.22. The van der Waals surface area contributed by atoms with Crippen LogP contribution in [0.2, 0.25) is 0 Å². The molecule has 0 aliphatic heterocycles. The van der Waals surface area contributed by atoms with Crippen LogP contribution in [0.15, 0.2) is 12.1 Å². The summed E-state index contributed by atoms with van der Waals surface area (Å²) in [7, 11) is 0. The minimum absolute atomic E-state index is 0.233. The van der Waals surface area contributed by atoms with Crippen molar-refractivity contribution in [2.24, 2.45) is 0 Å². The van der Waals surface area contributed by atoms with Crippen molar-refractivity contribution in [3.8, 4) is 0 Å². The Morgan fingerprint density at radius 2 is 1.60 bits per heavy atom. The lowest BCUT2D eigenvalue weighted by Gasteiger charge is -1.99. The van der Waals surface area contributed by atoms with Crippen LogP contribution in [-0.4, -0.2) is 0 Å². The summed E-state index contributed by atoms with van der Waals surface area (Å²) >= 11 is 4.01. The van der Waals surface area contributed by atoms with Gasteiger partial charge >= 0.3 is 0 Å². The van der Waals surface area contributed by atoms with Crippen molar-refractivity contribution in [2.75, 3.05) is 5.73 Å². The van der Waals surface area contributed by atoms with Crippen LogP contribution < -0.4 is 5.73 Å². The monoisotopic (exact) mass is 363 g/mol. The van der Waals surface area contributed by atoms with Crippen molar-refractivity contribution in [1.82, 2.24) is 0 Å². The Labute approximate surface area is 85.5 Å². The minimum atomic E-state index is -0.233. The summed E-state index contributed by atoms with van der Waals surface area (Å²) in [6.45, 7) is 0. The van der Waals surface area contributed by atoms with E-state index in [0.717, 1.165) is 7.14 Å². The Balaban J connectivity index is 3.31. The zero-order valence-electron chi connectivity index (χ0n) is 4.87. The summed E-state index contributed by atoms with van der Waals surface area (Å²) in [5.74, 6) is -0.233. The first kappa shape index (κ1) is 8.51. The molecule has 0 heterocycles. The van der Waals surface area contributed by atoms with Crippen LogP contribution in [0.25, 0.3) is 0 Å². The fourth-order valence-corrected chi connectivity index (χ4v) is 2.25. The second-order valence-corrected chi connectivity index (χ2v) is 4.11. The number of hydrogen-bond donors (Lipinski definition) is 1. The molecule has 4 heteroatoms. The van der Waals surface area contributed by atoms with Gasteiger partial charge < -0.3 is 5.73 Å². The van der Waals surface area contributed by atoms with Gasteiger partial charge in [0, 0.05) is 7.14 Å². The summed E-state index contributed by atoms with van der Waals surface area (Å²) in [5, 5.41) is 0. The van der Waals surface area contributed by atoms with Gasteiger partial charge in [0.1, 0.15) is 5.82 Å². The summed E-state index contributed by atoms with van der Waals surface area (Å²) in [6.07, 6.45) is 0. The van der Waals surface area contributed by atoms with Crippen LogP contribution in [0.5, 0.6) is 0 Å². The van der Waals surface area contributed by atoms with E-state index < -0.39 is 0 Å². The van der Waals surface area contributed by atoms with Crippen molar-refractivity contribution < 1.29 is 4.39 Å². The average Bonchev–Trinajstić information content (AvgIpc) is 1.82. The predicted octanol–water partition coefficient (Wildman–Crippen LogP) is 2.62. The molecule has 1 rings (SSSR count). The van der Waals surface area contributed by atoms with Crippen molar-refractivity contribution in [1.29, 1.82) is 0 Å². The van der Waals surface area contributed by atoms with Gasteiger partial charge in [0.25, 0.3) is 0 Å². The maximum atomic E-state index is 12.5. The lowest BCUT2D eigenvalue weighted by atomic mass is 10.3. The van der Waals surface area contributed by atoms with Gasteiger partial charge in [-0.25, -0.2) is 4.39 Å². The molecule has 0 saturated heterocycles. The molecule has 0 atom stereocenters. The molecule has 0 saturated carbocycles. The molecule has 1 nitrogen and oxygen atoms in total. The molecule has 0 aliphatic rings. The van der Waals surface area contributed by atoms with E-state index in [-0.39, 0.29) is 5.82 Å². The molecule has 2 N–H and O–H groups in total. The molecule has 0 radical (unpaired) electrons. The van der Waals surface area contributed by atoms with Crippen LogP contribution in [0, 0.1) is 13.0 Å². The summed E-state index contributed by atoms with van der Waals surface area (Å²) in [5.41, 5.74) is 6.22. The number of halogens is 3. The van der Waals surface area contributed by atoms with E-state index in [9.17, 15) is 4.39 Å². The normalized spacial score (nSPS) is 9.90. The van der Waals surface area contributed by atoms with Crippen LogP contribution in [-0.2, 0) is 0 Å². The van der Waals surface area contributed by atoms with Gasteiger partial charge in [0.2, 0.25) is 0 Å². The van der Waals surface area contributed by atoms with Gasteiger partial charge in [-0.2, -0.15) is 0 Å². The maximum Gasteiger partial charge on any atom is 0.125 e. The largest absolute Gasteiger partial charge is 0.397 e. The van der Waals surface area contributed by atoms with Gasteiger partial charge in [0.05, 0.1) is 5.69 Å². The smallest absolute Gasteiger partial charge is 0.125 e. The third kappa shape index (κ3) is 1.71. The first-order valence-corrected chi connectivity index (χ1v) is 4.67.